The molecule has 0 amide bonds. The summed E-state index contributed by atoms with van der Waals surface area (Å²) in [5.74, 6) is -0.894. The van der Waals surface area contributed by atoms with Crippen molar-refractivity contribution < 1.29 is 28.6 Å². The Morgan fingerprint density at radius 2 is 0.607 bits per heavy atom. The molecule has 0 spiro atoms. The summed E-state index contributed by atoms with van der Waals surface area (Å²) in [6.07, 6.45) is 59.4. The van der Waals surface area contributed by atoms with E-state index in [1.807, 2.05) is 0 Å². The molecule has 0 aliphatic carbocycles. The number of esters is 3. The molecule has 0 fully saturated rings. The highest BCUT2D eigenvalue weighted by molar-refractivity contribution is 5.71. The molecule has 0 aromatic rings. The lowest BCUT2D eigenvalue weighted by Crippen LogP contribution is -2.30. The Labute approximate surface area is 378 Å². The molecule has 0 rings (SSSR count). The van der Waals surface area contributed by atoms with Gasteiger partial charge in [0.25, 0.3) is 0 Å². The number of ether oxygens (including phenoxy) is 3. The SMILES string of the molecule is CCCC/C=C\C/C=C\CCCCCCCC(=O)OC(COC(=O)CCCCCCCCC/C=C\C/C=C\CCCCC)COC(=O)CCCCCCCCCCCCCC. The van der Waals surface area contributed by atoms with Crippen molar-refractivity contribution in [3.63, 3.8) is 0 Å². The second kappa shape index (κ2) is 50.0. The topological polar surface area (TPSA) is 78.9 Å². The van der Waals surface area contributed by atoms with E-state index in [-0.39, 0.29) is 31.1 Å². The van der Waals surface area contributed by atoms with Crippen LogP contribution in [-0.2, 0) is 28.6 Å². The minimum absolute atomic E-state index is 0.0792. The van der Waals surface area contributed by atoms with Crippen molar-refractivity contribution in [2.75, 3.05) is 13.2 Å². The Hall–Kier alpha value is -2.63. The third kappa shape index (κ3) is 48.3. The molecule has 0 radical (unpaired) electrons. The van der Waals surface area contributed by atoms with Gasteiger partial charge < -0.3 is 14.2 Å². The largest absolute Gasteiger partial charge is 0.462 e. The van der Waals surface area contributed by atoms with Gasteiger partial charge in [0.15, 0.2) is 6.10 Å². The normalized spacial score (nSPS) is 12.4. The maximum absolute atomic E-state index is 12.8. The molecule has 1 atom stereocenters. The minimum atomic E-state index is -0.780. The predicted octanol–water partition coefficient (Wildman–Crippen LogP) is 17.1. The van der Waals surface area contributed by atoms with E-state index < -0.39 is 6.10 Å². The van der Waals surface area contributed by atoms with Crippen LogP contribution in [0.25, 0.3) is 0 Å². The van der Waals surface area contributed by atoms with E-state index in [4.69, 9.17) is 14.2 Å². The standard InChI is InChI=1S/C55H98O6/c1-4-7-10-13-16-19-22-25-27-28-29-31-33-36-39-42-45-48-54(57)60-51-52(50-59-53(56)47-44-41-38-35-32-24-21-18-15-12-9-6-3)61-55(58)49-46-43-40-37-34-30-26-23-20-17-14-11-8-5-2/h14,16-17,19,23,25-27,52H,4-13,15,18,20-22,24,28-51H2,1-3H3/b17-14-,19-16-,26-23-,27-25-. The van der Waals surface area contributed by atoms with Crippen molar-refractivity contribution in [1.82, 2.24) is 0 Å². The molecule has 0 bridgehead atoms. The fraction of sp³-hybridized carbons (Fsp3) is 0.800. The number of hydrogen-bond acceptors (Lipinski definition) is 6. The summed E-state index contributed by atoms with van der Waals surface area (Å²) in [5, 5.41) is 0. The minimum Gasteiger partial charge on any atom is -0.462 e. The molecule has 0 aliphatic heterocycles. The summed E-state index contributed by atoms with van der Waals surface area (Å²) in [7, 11) is 0. The molecule has 0 saturated heterocycles. The van der Waals surface area contributed by atoms with E-state index in [9.17, 15) is 14.4 Å². The molecule has 0 heterocycles. The van der Waals surface area contributed by atoms with Gasteiger partial charge in [-0.25, -0.2) is 0 Å². The lowest BCUT2D eigenvalue weighted by atomic mass is 10.0. The quantitative estimate of drug-likeness (QED) is 0.0263. The van der Waals surface area contributed by atoms with Crippen LogP contribution in [0.1, 0.15) is 265 Å². The fourth-order valence-corrected chi connectivity index (χ4v) is 7.31. The molecule has 354 valence electrons. The molecular weight excluding hydrogens is 757 g/mol. The Balaban J connectivity index is 4.38. The van der Waals surface area contributed by atoms with Crippen LogP contribution in [-0.4, -0.2) is 37.2 Å². The van der Waals surface area contributed by atoms with E-state index in [0.29, 0.717) is 19.3 Å². The van der Waals surface area contributed by atoms with E-state index in [2.05, 4.69) is 69.4 Å². The summed E-state index contributed by atoms with van der Waals surface area (Å²) < 4.78 is 16.8. The highest BCUT2D eigenvalue weighted by atomic mass is 16.6. The summed E-state index contributed by atoms with van der Waals surface area (Å²) >= 11 is 0. The average Bonchev–Trinajstić information content (AvgIpc) is 3.26. The van der Waals surface area contributed by atoms with Crippen molar-refractivity contribution in [2.24, 2.45) is 0 Å². The van der Waals surface area contributed by atoms with Gasteiger partial charge in [-0.05, 0) is 77.0 Å². The summed E-state index contributed by atoms with van der Waals surface area (Å²) in [6.45, 7) is 6.56. The first-order valence-electron chi connectivity index (χ1n) is 26.1. The molecule has 6 nitrogen and oxygen atoms in total. The molecule has 0 aromatic heterocycles. The molecule has 6 heteroatoms. The Bertz CT molecular complexity index is 1070. The van der Waals surface area contributed by atoms with Gasteiger partial charge in [-0.3, -0.25) is 14.4 Å². The van der Waals surface area contributed by atoms with Gasteiger partial charge in [0.2, 0.25) is 0 Å². The van der Waals surface area contributed by atoms with Crippen LogP contribution in [0.3, 0.4) is 0 Å². The van der Waals surface area contributed by atoms with Crippen LogP contribution < -0.4 is 0 Å². The zero-order chi connectivity index (χ0) is 44.4. The maximum atomic E-state index is 12.8. The van der Waals surface area contributed by atoms with Gasteiger partial charge >= 0.3 is 17.9 Å². The van der Waals surface area contributed by atoms with Crippen LogP contribution in [0, 0.1) is 0 Å². The number of rotatable bonds is 47. The first-order chi connectivity index (χ1) is 30.0. The van der Waals surface area contributed by atoms with Crippen LogP contribution in [0.4, 0.5) is 0 Å². The Kier molecular flexibility index (Phi) is 47.9. The molecule has 1 unspecified atom stereocenters. The molecule has 0 N–H and O–H groups in total. The number of unbranched alkanes of at least 4 members (excludes halogenated alkanes) is 28. The fourth-order valence-electron chi connectivity index (χ4n) is 7.31. The zero-order valence-electron chi connectivity index (χ0n) is 40.4. The van der Waals surface area contributed by atoms with Crippen LogP contribution in [0.15, 0.2) is 48.6 Å². The van der Waals surface area contributed by atoms with Crippen molar-refractivity contribution in [1.29, 1.82) is 0 Å². The number of carbonyl (C=O) groups is 3. The second-order valence-corrected chi connectivity index (χ2v) is 17.4. The van der Waals surface area contributed by atoms with Crippen molar-refractivity contribution in [2.45, 2.75) is 271 Å². The lowest BCUT2D eigenvalue weighted by Gasteiger charge is -2.18. The molecular formula is C55H98O6. The van der Waals surface area contributed by atoms with E-state index in [1.54, 1.807) is 0 Å². The monoisotopic (exact) mass is 855 g/mol. The Morgan fingerprint density at radius 1 is 0.328 bits per heavy atom. The van der Waals surface area contributed by atoms with Gasteiger partial charge in [-0.15, -0.1) is 0 Å². The van der Waals surface area contributed by atoms with Crippen molar-refractivity contribution in [3.8, 4) is 0 Å². The number of allylic oxidation sites excluding steroid dienone is 8. The highest BCUT2D eigenvalue weighted by Gasteiger charge is 2.19. The first kappa shape index (κ1) is 58.4. The predicted molar refractivity (Wildman–Crippen MR) is 261 cm³/mol. The van der Waals surface area contributed by atoms with Crippen molar-refractivity contribution >= 4 is 17.9 Å². The first-order valence-corrected chi connectivity index (χ1v) is 26.1. The highest BCUT2D eigenvalue weighted by Crippen LogP contribution is 2.15. The van der Waals surface area contributed by atoms with Gasteiger partial charge in [-0.2, -0.15) is 0 Å². The molecule has 0 aliphatic rings. The third-order valence-corrected chi connectivity index (χ3v) is 11.3. The van der Waals surface area contributed by atoms with Crippen LogP contribution in [0.5, 0.6) is 0 Å². The van der Waals surface area contributed by atoms with E-state index in [0.717, 1.165) is 96.3 Å². The summed E-state index contributed by atoms with van der Waals surface area (Å²) in [6, 6.07) is 0. The van der Waals surface area contributed by atoms with Gasteiger partial charge in [0.05, 0.1) is 0 Å². The Morgan fingerprint density at radius 3 is 0.984 bits per heavy atom. The summed E-state index contributed by atoms with van der Waals surface area (Å²) in [5.41, 5.74) is 0. The van der Waals surface area contributed by atoms with Crippen LogP contribution >= 0.6 is 0 Å². The smallest absolute Gasteiger partial charge is 0.306 e. The zero-order valence-corrected chi connectivity index (χ0v) is 40.4. The van der Waals surface area contributed by atoms with Gasteiger partial charge in [0.1, 0.15) is 13.2 Å². The lowest BCUT2D eigenvalue weighted by molar-refractivity contribution is -0.167. The van der Waals surface area contributed by atoms with Gasteiger partial charge in [-0.1, -0.05) is 217 Å². The number of hydrogen-bond donors (Lipinski definition) is 0. The second-order valence-electron chi connectivity index (χ2n) is 17.4. The molecule has 0 aromatic carbocycles. The van der Waals surface area contributed by atoms with E-state index >= 15 is 0 Å². The average molecular weight is 855 g/mol. The van der Waals surface area contributed by atoms with Crippen molar-refractivity contribution in [3.05, 3.63) is 48.6 Å². The third-order valence-electron chi connectivity index (χ3n) is 11.3. The maximum Gasteiger partial charge on any atom is 0.306 e. The van der Waals surface area contributed by atoms with Crippen LogP contribution in [0.2, 0.25) is 0 Å². The van der Waals surface area contributed by atoms with E-state index in [1.165, 1.54) is 128 Å². The molecule has 0 saturated carbocycles. The summed E-state index contributed by atoms with van der Waals surface area (Å²) in [4.78, 5) is 38.0. The van der Waals surface area contributed by atoms with Gasteiger partial charge in [0, 0.05) is 19.3 Å². The number of carbonyl (C=O) groups excluding carboxylic acids is 3. The molecule has 61 heavy (non-hydrogen) atoms.